The third kappa shape index (κ3) is 3.18. The lowest BCUT2D eigenvalue weighted by Gasteiger charge is -2.32. The van der Waals surface area contributed by atoms with Crippen LogP contribution in [0.3, 0.4) is 0 Å². The number of benzene rings is 1. The van der Waals surface area contributed by atoms with Crippen LogP contribution in [-0.4, -0.2) is 44.3 Å². The van der Waals surface area contributed by atoms with Gasteiger partial charge in [0.1, 0.15) is 5.54 Å². The van der Waals surface area contributed by atoms with Gasteiger partial charge in [-0.25, -0.2) is 0 Å². The van der Waals surface area contributed by atoms with Gasteiger partial charge in [-0.05, 0) is 18.5 Å². The van der Waals surface area contributed by atoms with Crippen LogP contribution in [-0.2, 0) is 10.3 Å². The van der Waals surface area contributed by atoms with E-state index < -0.39 is 5.54 Å². The van der Waals surface area contributed by atoms with Crippen molar-refractivity contribution in [3.8, 4) is 6.07 Å². The molecule has 0 bridgehead atoms. The van der Waals surface area contributed by atoms with Crippen LogP contribution in [0.4, 0.5) is 0 Å². The summed E-state index contributed by atoms with van der Waals surface area (Å²) in [6, 6.07) is 12.5. The largest absolute Gasteiger partial charge is 0.380 e. The Kier molecular flexibility index (Phi) is 5.13. The maximum absolute atomic E-state index is 9.77. The Labute approximate surface area is 121 Å². The topological polar surface area (TPSA) is 48.3 Å². The van der Waals surface area contributed by atoms with Gasteiger partial charge in [0, 0.05) is 26.7 Å². The van der Waals surface area contributed by atoms with E-state index in [-0.39, 0.29) is 0 Å². The van der Waals surface area contributed by atoms with Gasteiger partial charge < -0.3 is 4.74 Å². The first-order chi connectivity index (χ1) is 9.74. The second-order valence-electron chi connectivity index (χ2n) is 5.29. The molecule has 0 saturated carbocycles. The lowest BCUT2D eigenvalue weighted by molar-refractivity contribution is 0.105. The van der Waals surface area contributed by atoms with Crippen molar-refractivity contribution in [1.29, 1.82) is 5.26 Å². The van der Waals surface area contributed by atoms with Gasteiger partial charge in [0.05, 0.1) is 12.2 Å². The van der Waals surface area contributed by atoms with Gasteiger partial charge in [-0.2, -0.15) is 5.26 Å². The minimum absolute atomic E-state index is 0.295. The number of hydrogen-bond donors (Lipinski definition) is 1. The highest BCUT2D eigenvalue weighted by atomic mass is 16.5. The molecule has 1 saturated heterocycles. The van der Waals surface area contributed by atoms with Crippen molar-refractivity contribution in [1.82, 2.24) is 10.2 Å². The van der Waals surface area contributed by atoms with Crippen LogP contribution in [0.25, 0.3) is 0 Å². The normalized spacial score (nSPS) is 22.4. The molecule has 2 rings (SSSR count). The zero-order valence-corrected chi connectivity index (χ0v) is 12.3. The Bertz CT molecular complexity index is 457. The number of ether oxygens (including phenoxy) is 1. The maximum atomic E-state index is 9.77. The van der Waals surface area contributed by atoms with Gasteiger partial charge in [0.2, 0.25) is 0 Å². The fourth-order valence-electron chi connectivity index (χ4n) is 2.88. The summed E-state index contributed by atoms with van der Waals surface area (Å²) in [7, 11) is 1.76. The van der Waals surface area contributed by atoms with Crippen LogP contribution in [0.2, 0.25) is 0 Å². The number of rotatable bonds is 6. The molecule has 4 nitrogen and oxygen atoms in total. The van der Waals surface area contributed by atoms with E-state index >= 15 is 0 Å². The molecule has 1 fully saturated rings. The molecule has 1 heterocycles. The summed E-state index contributed by atoms with van der Waals surface area (Å²) in [6.07, 6.45) is 1.34. The summed E-state index contributed by atoms with van der Waals surface area (Å²) in [5.74, 6) is 0. The molecule has 0 radical (unpaired) electrons. The lowest BCUT2D eigenvalue weighted by Crippen LogP contribution is -2.49. The molecule has 1 N–H and O–H groups in total. The molecule has 0 amide bonds. The maximum Gasteiger partial charge on any atom is 0.145 e. The highest BCUT2D eigenvalue weighted by molar-refractivity contribution is 5.32. The van der Waals surface area contributed by atoms with Gasteiger partial charge in [-0.15, -0.1) is 0 Å². The predicted octanol–water partition coefficient (Wildman–Crippen LogP) is 1.74. The average molecular weight is 273 g/mol. The van der Waals surface area contributed by atoms with E-state index in [0.29, 0.717) is 12.6 Å². The molecule has 1 aliphatic heterocycles. The fraction of sp³-hybridized carbons (Fsp3) is 0.562. The Morgan fingerprint density at radius 3 is 2.75 bits per heavy atom. The van der Waals surface area contributed by atoms with E-state index in [4.69, 9.17) is 4.74 Å². The number of methoxy groups -OCH3 is 1. The fourth-order valence-corrected chi connectivity index (χ4v) is 2.88. The van der Waals surface area contributed by atoms with Crippen molar-refractivity contribution < 1.29 is 4.74 Å². The smallest absolute Gasteiger partial charge is 0.145 e. The molecule has 4 heteroatoms. The van der Waals surface area contributed by atoms with Crippen molar-refractivity contribution >= 4 is 0 Å². The second-order valence-corrected chi connectivity index (χ2v) is 5.29. The lowest BCUT2D eigenvalue weighted by atomic mass is 9.90. The average Bonchev–Trinajstić information content (AvgIpc) is 2.95. The number of nitrogens with one attached hydrogen (secondary N) is 1. The highest BCUT2D eigenvalue weighted by Crippen LogP contribution is 2.24. The Hall–Kier alpha value is -1.41. The first kappa shape index (κ1) is 15.0. The SMILES string of the molecule is CCNC(C#N)(CN1CCC(OC)C1)c1ccccc1. The molecule has 2 atom stereocenters. The number of likely N-dealkylation sites (N-methyl/N-ethyl adjacent to an activating group) is 1. The molecule has 1 aromatic rings. The van der Waals surface area contributed by atoms with Crippen molar-refractivity contribution in [2.24, 2.45) is 0 Å². The van der Waals surface area contributed by atoms with E-state index in [2.05, 4.69) is 16.3 Å². The molecular formula is C16H23N3O. The third-order valence-corrected chi connectivity index (χ3v) is 3.96. The van der Waals surface area contributed by atoms with Crippen LogP contribution in [0.1, 0.15) is 18.9 Å². The first-order valence-corrected chi connectivity index (χ1v) is 7.21. The summed E-state index contributed by atoms with van der Waals surface area (Å²) in [5.41, 5.74) is 0.392. The number of nitriles is 1. The van der Waals surface area contributed by atoms with Gasteiger partial charge in [-0.1, -0.05) is 37.3 Å². The van der Waals surface area contributed by atoms with E-state index in [1.165, 1.54) is 0 Å². The van der Waals surface area contributed by atoms with Crippen molar-refractivity contribution in [3.05, 3.63) is 35.9 Å². The minimum atomic E-state index is -0.640. The van der Waals surface area contributed by atoms with E-state index in [0.717, 1.165) is 31.6 Å². The molecule has 2 unspecified atom stereocenters. The Morgan fingerprint density at radius 1 is 1.45 bits per heavy atom. The number of nitrogens with zero attached hydrogens (tertiary/aromatic N) is 2. The predicted molar refractivity (Wildman–Crippen MR) is 79.3 cm³/mol. The van der Waals surface area contributed by atoms with Crippen molar-refractivity contribution in [3.63, 3.8) is 0 Å². The zero-order chi connectivity index (χ0) is 14.4. The summed E-state index contributed by atoms with van der Waals surface area (Å²) >= 11 is 0. The molecular weight excluding hydrogens is 250 g/mol. The van der Waals surface area contributed by atoms with Crippen LogP contribution in [0.15, 0.2) is 30.3 Å². The standard InChI is InChI=1S/C16H23N3O/c1-3-18-16(12-17,14-7-5-4-6-8-14)13-19-10-9-15(11-19)20-2/h4-8,15,18H,3,9-11,13H2,1-2H3. The van der Waals surface area contributed by atoms with E-state index in [9.17, 15) is 5.26 Å². The molecule has 0 aliphatic carbocycles. The Morgan fingerprint density at radius 2 is 2.20 bits per heavy atom. The molecule has 1 aromatic carbocycles. The number of hydrogen-bond acceptors (Lipinski definition) is 4. The molecule has 108 valence electrons. The van der Waals surface area contributed by atoms with Gasteiger partial charge in [0.25, 0.3) is 0 Å². The van der Waals surface area contributed by atoms with Gasteiger partial charge >= 0.3 is 0 Å². The monoisotopic (exact) mass is 273 g/mol. The molecule has 20 heavy (non-hydrogen) atoms. The number of likely N-dealkylation sites (tertiary alicyclic amines) is 1. The summed E-state index contributed by atoms with van der Waals surface area (Å²) in [5, 5.41) is 13.2. The summed E-state index contributed by atoms with van der Waals surface area (Å²) < 4.78 is 5.41. The van der Waals surface area contributed by atoms with Crippen molar-refractivity contribution in [2.75, 3.05) is 33.3 Å². The Balaban J connectivity index is 2.18. The quantitative estimate of drug-likeness (QED) is 0.857. The molecule has 1 aliphatic rings. The van der Waals surface area contributed by atoms with Crippen LogP contribution in [0.5, 0.6) is 0 Å². The zero-order valence-electron chi connectivity index (χ0n) is 12.3. The second kappa shape index (κ2) is 6.85. The van der Waals surface area contributed by atoms with Gasteiger partial charge in [-0.3, -0.25) is 10.2 Å². The van der Waals surface area contributed by atoms with Crippen molar-refractivity contribution in [2.45, 2.75) is 25.0 Å². The third-order valence-electron chi connectivity index (χ3n) is 3.96. The van der Waals surface area contributed by atoms with Crippen LogP contribution in [0, 0.1) is 11.3 Å². The van der Waals surface area contributed by atoms with E-state index in [1.807, 2.05) is 37.3 Å². The molecule has 0 spiro atoms. The van der Waals surface area contributed by atoms with Crippen LogP contribution >= 0.6 is 0 Å². The summed E-state index contributed by atoms with van der Waals surface area (Å²) in [4.78, 5) is 2.31. The molecule has 0 aromatic heterocycles. The summed E-state index contributed by atoms with van der Waals surface area (Å²) in [6.45, 7) is 5.39. The van der Waals surface area contributed by atoms with E-state index in [1.54, 1.807) is 7.11 Å². The highest BCUT2D eigenvalue weighted by Gasteiger charge is 2.36. The van der Waals surface area contributed by atoms with Gasteiger partial charge in [0.15, 0.2) is 0 Å². The first-order valence-electron chi connectivity index (χ1n) is 7.21. The minimum Gasteiger partial charge on any atom is -0.380 e. The van der Waals surface area contributed by atoms with Crippen LogP contribution < -0.4 is 5.32 Å².